The third-order valence-corrected chi connectivity index (χ3v) is 3.56. The average Bonchev–Trinajstić information content (AvgIpc) is 2.64. The molecule has 0 fully saturated rings. The van der Waals surface area contributed by atoms with E-state index < -0.39 is 6.10 Å². The van der Waals surface area contributed by atoms with Gasteiger partial charge in [0.15, 0.2) is 6.10 Å². The Bertz CT molecular complexity index is 459. The molecule has 4 heteroatoms. The van der Waals surface area contributed by atoms with Crippen LogP contribution in [0.1, 0.15) is 31.9 Å². The van der Waals surface area contributed by atoms with Crippen LogP contribution in [0.25, 0.3) is 0 Å². The molecule has 0 aromatic heterocycles. The Morgan fingerprint density at radius 1 is 1.50 bits per heavy atom. The Balaban J connectivity index is 2.18. The Hall–Kier alpha value is -1.55. The standard InChI is InChI=1S/C14H20N2O2/c1-4-9(2)8-16(3)10-5-6-11-12(7-10)15-14(18)13(11)17/h5-7,9,13,17H,4,8H2,1-3H3,(H,15,18). The molecular weight excluding hydrogens is 228 g/mol. The number of rotatable bonds is 4. The molecule has 0 radical (unpaired) electrons. The maximum atomic E-state index is 11.4. The molecule has 2 N–H and O–H groups in total. The second-order valence-electron chi connectivity index (χ2n) is 5.06. The number of carbonyl (C=O) groups excluding carboxylic acids is 1. The summed E-state index contributed by atoms with van der Waals surface area (Å²) in [5.74, 6) is 0.287. The fourth-order valence-corrected chi connectivity index (χ4v) is 2.17. The van der Waals surface area contributed by atoms with Gasteiger partial charge >= 0.3 is 0 Å². The smallest absolute Gasteiger partial charge is 0.257 e. The number of carbonyl (C=O) groups is 1. The van der Waals surface area contributed by atoms with Gasteiger partial charge in [-0.3, -0.25) is 4.79 Å². The first-order valence-electron chi connectivity index (χ1n) is 6.37. The molecular formula is C14H20N2O2. The van der Waals surface area contributed by atoms with Crippen molar-refractivity contribution in [1.29, 1.82) is 0 Å². The highest BCUT2D eigenvalue weighted by Gasteiger charge is 2.28. The van der Waals surface area contributed by atoms with E-state index in [1.54, 1.807) is 0 Å². The monoisotopic (exact) mass is 248 g/mol. The molecule has 2 unspecified atom stereocenters. The average molecular weight is 248 g/mol. The molecule has 18 heavy (non-hydrogen) atoms. The lowest BCUT2D eigenvalue weighted by molar-refractivity contribution is -0.123. The van der Waals surface area contributed by atoms with E-state index in [0.717, 1.165) is 24.3 Å². The van der Waals surface area contributed by atoms with Crippen LogP contribution in [0.15, 0.2) is 18.2 Å². The number of anilines is 2. The predicted octanol–water partition coefficient (Wildman–Crippen LogP) is 2.15. The molecule has 1 aromatic rings. The summed E-state index contributed by atoms with van der Waals surface area (Å²) in [7, 11) is 2.04. The molecule has 1 aromatic carbocycles. The molecule has 98 valence electrons. The number of hydrogen-bond acceptors (Lipinski definition) is 3. The van der Waals surface area contributed by atoms with Crippen LogP contribution < -0.4 is 10.2 Å². The van der Waals surface area contributed by atoms with Crippen molar-refractivity contribution in [3.63, 3.8) is 0 Å². The quantitative estimate of drug-likeness (QED) is 0.858. The summed E-state index contributed by atoms with van der Waals surface area (Å²) >= 11 is 0. The molecule has 2 rings (SSSR count). The van der Waals surface area contributed by atoms with Crippen LogP contribution in [-0.4, -0.2) is 24.6 Å². The van der Waals surface area contributed by atoms with Gasteiger partial charge in [-0.25, -0.2) is 0 Å². The predicted molar refractivity (Wildman–Crippen MR) is 72.8 cm³/mol. The van der Waals surface area contributed by atoms with E-state index >= 15 is 0 Å². The molecule has 0 bridgehead atoms. The van der Waals surface area contributed by atoms with Crippen LogP contribution in [0, 0.1) is 5.92 Å². The van der Waals surface area contributed by atoms with Gasteiger partial charge in [-0.05, 0) is 18.1 Å². The first kappa shape index (κ1) is 12.9. The SMILES string of the molecule is CCC(C)CN(C)c1ccc2c(c1)NC(=O)C2O. The van der Waals surface area contributed by atoms with Gasteiger partial charge in [0.25, 0.3) is 5.91 Å². The Morgan fingerprint density at radius 3 is 2.89 bits per heavy atom. The molecule has 1 aliphatic heterocycles. The van der Waals surface area contributed by atoms with Crippen LogP contribution in [0.5, 0.6) is 0 Å². The van der Waals surface area contributed by atoms with E-state index in [0.29, 0.717) is 11.5 Å². The fraction of sp³-hybridized carbons (Fsp3) is 0.500. The highest BCUT2D eigenvalue weighted by Crippen LogP contribution is 2.33. The van der Waals surface area contributed by atoms with E-state index in [4.69, 9.17) is 0 Å². The Morgan fingerprint density at radius 2 is 2.22 bits per heavy atom. The summed E-state index contributed by atoms with van der Waals surface area (Å²) in [5.41, 5.74) is 2.45. The Kier molecular flexibility index (Phi) is 3.57. The van der Waals surface area contributed by atoms with Crippen LogP contribution in [0.3, 0.4) is 0 Å². The summed E-state index contributed by atoms with van der Waals surface area (Å²) in [6.45, 7) is 5.37. The number of fused-ring (bicyclic) bond motifs is 1. The van der Waals surface area contributed by atoms with Crippen LogP contribution >= 0.6 is 0 Å². The fourth-order valence-electron chi connectivity index (χ4n) is 2.17. The molecule has 1 amide bonds. The molecule has 0 saturated carbocycles. The van der Waals surface area contributed by atoms with Crippen molar-refractivity contribution in [3.05, 3.63) is 23.8 Å². The summed E-state index contributed by atoms with van der Waals surface area (Å²) in [4.78, 5) is 13.5. The van der Waals surface area contributed by atoms with Crippen molar-refractivity contribution < 1.29 is 9.90 Å². The van der Waals surface area contributed by atoms with E-state index in [2.05, 4.69) is 24.1 Å². The third-order valence-electron chi connectivity index (χ3n) is 3.56. The van der Waals surface area contributed by atoms with Gasteiger partial charge in [0.2, 0.25) is 0 Å². The number of aliphatic hydroxyl groups is 1. The molecule has 1 heterocycles. The second kappa shape index (κ2) is 4.98. The number of benzene rings is 1. The maximum Gasteiger partial charge on any atom is 0.257 e. The topological polar surface area (TPSA) is 52.6 Å². The van der Waals surface area contributed by atoms with Crippen molar-refractivity contribution in [2.75, 3.05) is 23.8 Å². The zero-order valence-corrected chi connectivity index (χ0v) is 11.1. The first-order chi connectivity index (χ1) is 8.52. The summed E-state index contributed by atoms with van der Waals surface area (Å²) < 4.78 is 0. The van der Waals surface area contributed by atoms with Gasteiger partial charge in [0.1, 0.15) is 0 Å². The lowest BCUT2D eigenvalue weighted by Crippen LogP contribution is -2.23. The number of aliphatic hydroxyl groups excluding tert-OH is 1. The van der Waals surface area contributed by atoms with Crippen LogP contribution in [0.4, 0.5) is 11.4 Å². The molecule has 0 aliphatic carbocycles. The molecule has 0 spiro atoms. The number of nitrogens with zero attached hydrogens (tertiary/aromatic N) is 1. The first-order valence-corrected chi connectivity index (χ1v) is 6.37. The van der Waals surface area contributed by atoms with Gasteiger partial charge in [0, 0.05) is 30.5 Å². The zero-order chi connectivity index (χ0) is 13.3. The summed E-state index contributed by atoms with van der Waals surface area (Å²) in [5, 5.41) is 12.3. The van der Waals surface area contributed by atoms with Crippen molar-refractivity contribution in [3.8, 4) is 0 Å². The van der Waals surface area contributed by atoms with Crippen molar-refractivity contribution in [1.82, 2.24) is 0 Å². The van der Waals surface area contributed by atoms with E-state index in [-0.39, 0.29) is 5.91 Å². The van der Waals surface area contributed by atoms with Crippen molar-refractivity contribution in [2.24, 2.45) is 5.92 Å². The lowest BCUT2D eigenvalue weighted by atomic mass is 10.1. The molecule has 4 nitrogen and oxygen atoms in total. The van der Waals surface area contributed by atoms with Crippen LogP contribution in [-0.2, 0) is 4.79 Å². The van der Waals surface area contributed by atoms with Gasteiger partial charge in [0.05, 0.1) is 0 Å². The van der Waals surface area contributed by atoms with Crippen LogP contribution in [0.2, 0.25) is 0 Å². The largest absolute Gasteiger partial charge is 0.378 e. The van der Waals surface area contributed by atoms with Gasteiger partial charge in [-0.2, -0.15) is 0 Å². The molecule has 1 aliphatic rings. The highest BCUT2D eigenvalue weighted by molar-refractivity contribution is 6.02. The van der Waals surface area contributed by atoms with Crippen molar-refractivity contribution in [2.45, 2.75) is 26.4 Å². The molecule has 2 atom stereocenters. The Labute approximate surface area is 108 Å². The minimum atomic E-state index is -1.02. The lowest BCUT2D eigenvalue weighted by Gasteiger charge is -2.23. The zero-order valence-electron chi connectivity index (χ0n) is 11.1. The molecule has 0 saturated heterocycles. The number of amides is 1. The van der Waals surface area contributed by atoms with Gasteiger partial charge in [-0.15, -0.1) is 0 Å². The summed E-state index contributed by atoms with van der Waals surface area (Å²) in [6, 6.07) is 5.69. The number of hydrogen-bond donors (Lipinski definition) is 2. The minimum absolute atomic E-state index is 0.341. The third kappa shape index (κ3) is 2.34. The summed E-state index contributed by atoms with van der Waals surface area (Å²) in [6.07, 6.45) is 0.124. The maximum absolute atomic E-state index is 11.4. The van der Waals surface area contributed by atoms with E-state index in [9.17, 15) is 9.90 Å². The number of nitrogens with one attached hydrogen (secondary N) is 1. The van der Waals surface area contributed by atoms with Gasteiger partial charge < -0.3 is 15.3 Å². The second-order valence-corrected chi connectivity index (χ2v) is 5.06. The minimum Gasteiger partial charge on any atom is -0.378 e. The van der Waals surface area contributed by atoms with E-state index in [1.807, 2.05) is 25.2 Å². The van der Waals surface area contributed by atoms with E-state index in [1.165, 1.54) is 0 Å². The van der Waals surface area contributed by atoms with Gasteiger partial charge in [-0.1, -0.05) is 26.3 Å². The highest BCUT2D eigenvalue weighted by atomic mass is 16.3. The van der Waals surface area contributed by atoms with Crippen molar-refractivity contribution >= 4 is 17.3 Å². The normalized spacial score (nSPS) is 19.3.